The Balaban J connectivity index is 1.82. The van der Waals surface area contributed by atoms with E-state index in [1.165, 1.54) is 30.5 Å². The molecule has 0 radical (unpaired) electrons. The fourth-order valence-electron chi connectivity index (χ4n) is 3.03. The van der Waals surface area contributed by atoms with Gasteiger partial charge in [0.1, 0.15) is 11.6 Å². The molecule has 0 bridgehead atoms. The van der Waals surface area contributed by atoms with Crippen LogP contribution in [-0.4, -0.2) is 48.1 Å². The minimum atomic E-state index is -0.721. The summed E-state index contributed by atoms with van der Waals surface area (Å²) < 4.78 is 13.1. The largest absolute Gasteiger partial charge is 0.364 e. The molecule has 1 aromatic heterocycles. The van der Waals surface area contributed by atoms with Gasteiger partial charge < -0.3 is 26.6 Å². The highest BCUT2D eigenvalue weighted by Crippen LogP contribution is 2.23. The maximum Gasteiger partial charge on any atom is 0.314 e. The van der Waals surface area contributed by atoms with E-state index in [4.69, 9.17) is 5.73 Å². The standard InChI is InChI=1S/C18H22FN7O2/c1-21-18(28)24-13-3-2-8-26(10-13)14-9-22-15(16(20)27)17(25-14)23-12-6-4-11(19)5-7-12/h4-7,9,13H,2-3,8,10H2,1H3,(H2,20,27)(H,23,25)(H2,21,24,28). The molecule has 1 aliphatic rings. The number of aromatic nitrogens is 2. The average molecular weight is 387 g/mol. The lowest BCUT2D eigenvalue weighted by Gasteiger charge is -2.33. The quantitative estimate of drug-likeness (QED) is 0.614. The second-order valence-corrected chi connectivity index (χ2v) is 6.43. The molecule has 1 aliphatic heterocycles. The normalized spacial score (nSPS) is 16.4. The summed E-state index contributed by atoms with van der Waals surface area (Å²) >= 11 is 0. The van der Waals surface area contributed by atoms with E-state index in [9.17, 15) is 14.0 Å². The maximum atomic E-state index is 13.1. The van der Waals surface area contributed by atoms with Gasteiger partial charge in [0.2, 0.25) is 0 Å². The van der Waals surface area contributed by atoms with Gasteiger partial charge in [-0.25, -0.2) is 19.2 Å². The Hall–Kier alpha value is -3.43. The molecule has 0 spiro atoms. The van der Waals surface area contributed by atoms with Crippen molar-refractivity contribution in [1.29, 1.82) is 0 Å². The molecule has 1 unspecified atom stereocenters. The van der Waals surface area contributed by atoms with Gasteiger partial charge in [0.25, 0.3) is 5.91 Å². The number of halogens is 1. The molecule has 0 saturated carbocycles. The maximum absolute atomic E-state index is 13.1. The molecule has 3 rings (SSSR count). The highest BCUT2D eigenvalue weighted by Gasteiger charge is 2.24. The van der Waals surface area contributed by atoms with Crippen LogP contribution in [0, 0.1) is 5.82 Å². The zero-order valence-corrected chi connectivity index (χ0v) is 15.4. The van der Waals surface area contributed by atoms with E-state index in [0.717, 1.165) is 19.4 Å². The predicted octanol–water partition coefficient (Wildman–Crippen LogP) is 1.36. The number of anilines is 3. The fourth-order valence-corrected chi connectivity index (χ4v) is 3.03. The molecule has 3 amide bonds. The van der Waals surface area contributed by atoms with Crippen molar-refractivity contribution in [2.45, 2.75) is 18.9 Å². The van der Waals surface area contributed by atoms with Gasteiger partial charge in [-0.05, 0) is 37.1 Å². The number of piperidine rings is 1. The summed E-state index contributed by atoms with van der Waals surface area (Å²) in [4.78, 5) is 33.9. The second kappa shape index (κ2) is 8.51. The van der Waals surface area contributed by atoms with Gasteiger partial charge in [-0.15, -0.1) is 0 Å². The Labute approximate surface area is 161 Å². The third-order valence-corrected chi connectivity index (χ3v) is 4.41. The number of nitrogens with two attached hydrogens (primary N) is 1. The van der Waals surface area contributed by atoms with Crippen molar-refractivity contribution in [2.24, 2.45) is 5.73 Å². The van der Waals surface area contributed by atoms with Crippen LogP contribution in [0.1, 0.15) is 23.3 Å². The molecule has 1 saturated heterocycles. The zero-order chi connectivity index (χ0) is 20.1. The molecule has 5 N–H and O–H groups in total. The van der Waals surface area contributed by atoms with Crippen molar-refractivity contribution in [3.8, 4) is 0 Å². The van der Waals surface area contributed by atoms with Gasteiger partial charge in [0, 0.05) is 31.9 Å². The van der Waals surface area contributed by atoms with Crippen LogP contribution in [0.15, 0.2) is 30.5 Å². The molecule has 1 atom stereocenters. The average Bonchev–Trinajstić information content (AvgIpc) is 2.69. The summed E-state index contributed by atoms with van der Waals surface area (Å²) in [5, 5.41) is 8.40. The molecule has 2 aromatic rings. The SMILES string of the molecule is CNC(=O)NC1CCCN(c2cnc(C(N)=O)c(Nc3ccc(F)cc3)n2)C1. The lowest BCUT2D eigenvalue weighted by atomic mass is 10.1. The Morgan fingerprint density at radius 1 is 1.29 bits per heavy atom. The number of amides is 3. The third-order valence-electron chi connectivity index (χ3n) is 4.41. The first kappa shape index (κ1) is 19.3. The van der Waals surface area contributed by atoms with Crippen molar-refractivity contribution in [3.63, 3.8) is 0 Å². The van der Waals surface area contributed by atoms with Crippen molar-refractivity contribution in [2.75, 3.05) is 30.4 Å². The number of urea groups is 1. The number of hydrogen-bond donors (Lipinski definition) is 4. The number of carbonyl (C=O) groups is 2. The molecule has 1 aromatic carbocycles. The van der Waals surface area contributed by atoms with Crippen LogP contribution >= 0.6 is 0 Å². The van der Waals surface area contributed by atoms with Crippen LogP contribution in [0.25, 0.3) is 0 Å². The lowest BCUT2D eigenvalue weighted by Crippen LogP contribution is -2.50. The third kappa shape index (κ3) is 4.64. The summed E-state index contributed by atoms with van der Waals surface area (Å²) in [5.41, 5.74) is 5.94. The monoisotopic (exact) mass is 387 g/mol. The topological polar surface area (TPSA) is 125 Å². The van der Waals surface area contributed by atoms with E-state index in [-0.39, 0.29) is 29.4 Å². The van der Waals surface area contributed by atoms with E-state index >= 15 is 0 Å². The Morgan fingerprint density at radius 3 is 2.71 bits per heavy atom. The van der Waals surface area contributed by atoms with E-state index in [1.807, 2.05) is 4.90 Å². The number of benzene rings is 1. The van der Waals surface area contributed by atoms with Crippen LogP contribution in [0.3, 0.4) is 0 Å². The van der Waals surface area contributed by atoms with Crippen LogP contribution < -0.4 is 26.6 Å². The number of nitrogens with zero attached hydrogens (tertiary/aromatic N) is 3. The molecular weight excluding hydrogens is 365 g/mol. The van der Waals surface area contributed by atoms with Crippen molar-refractivity contribution >= 4 is 29.3 Å². The molecule has 0 aliphatic carbocycles. The van der Waals surface area contributed by atoms with Crippen LogP contribution in [0.5, 0.6) is 0 Å². The van der Waals surface area contributed by atoms with E-state index in [0.29, 0.717) is 18.1 Å². The smallest absolute Gasteiger partial charge is 0.314 e. The summed E-state index contributed by atoms with van der Waals surface area (Å²) in [6, 6.07) is 5.38. The van der Waals surface area contributed by atoms with Crippen molar-refractivity contribution in [1.82, 2.24) is 20.6 Å². The van der Waals surface area contributed by atoms with Gasteiger partial charge in [-0.2, -0.15) is 0 Å². The summed E-state index contributed by atoms with van der Waals surface area (Å²) in [6.07, 6.45) is 3.21. The number of hydrogen-bond acceptors (Lipinski definition) is 6. The van der Waals surface area contributed by atoms with Crippen molar-refractivity contribution < 1.29 is 14.0 Å². The predicted molar refractivity (Wildman–Crippen MR) is 103 cm³/mol. The second-order valence-electron chi connectivity index (χ2n) is 6.43. The summed E-state index contributed by atoms with van der Waals surface area (Å²) in [5.74, 6) is -0.346. The van der Waals surface area contributed by atoms with Gasteiger partial charge >= 0.3 is 6.03 Å². The minimum absolute atomic E-state index is 0.00915. The molecule has 148 valence electrons. The molecule has 10 heteroatoms. The Kier molecular flexibility index (Phi) is 5.87. The molecule has 9 nitrogen and oxygen atoms in total. The first-order valence-corrected chi connectivity index (χ1v) is 8.89. The Morgan fingerprint density at radius 2 is 2.04 bits per heavy atom. The van der Waals surface area contributed by atoms with Crippen LogP contribution in [0.2, 0.25) is 0 Å². The minimum Gasteiger partial charge on any atom is -0.364 e. The molecular formula is C18H22FN7O2. The number of primary amides is 1. The molecule has 2 heterocycles. The highest BCUT2D eigenvalue weighted by atomic mass is 19.1. The fraction of sp³-hybridized carbons (Fsp3) is 0.333. The van der Waals surface area contributed by atoms with Crippen LogP contribution in [0.4, 0.5) is 26.5 Å². The Bertz CT molecular complexity index is 860. The van der Waals surface area contributed by atoms with Gasteiger partial charge in [-0.1, -0.05) is 0 Å². The van der Waals surface area contributed by atoms with Gasteiger partial charge in [-0.3, -0.25) is 4.79 Å². The van der Waals surface area contributed by atoms with Gasteiger partial charge in [0.15, 0.2) is 11.5 Å². The zero-order valence-electron chi connectivity index (χ0n) is 15.4. The number of nitrogens with one attached hydrogen (secondary N) is 3. The van der Waals surface area contributed by atoms with Crippen LogP contribution in [-0.2, 0) is 0 Å². The molecule has 28 heavy (non-hydrogen) atoms. The summed E-state index contributed by atoms with van der Waals surface area (Å²) in [7, 11) is 1.57. The van der Waals surface area contributed by atoms with Crippen molar-refractivity contribution in [3.05, 3.63) is 42.0 Å². The van der Waals surface area contributed by atoms with E-state index in [1.54, 1.807) is 7.05 Å². The number of rotatable bonds is 5. The number of carbonyl (C=O) groups excluding carboxylic acids is 2. The lowest BCUT2D eigenvalue weighted by molar-refractivity contribution is 0.0996. The molecule has 1 fully saturated rings. The first-order valence-electron chi connectivity index (χ1n) is 8.89. The van der Waals surface area contributed by atoms with E-state index < -0.39 is 5.91 Å². The first-order chi connectivity index (χ1) is 13.5. The summed E-state index contributed by atoms with van der Waals surface area (Å²) in [6.45, 7) is 1.31. The van der Waals surface area contributed by atoms with E-state index in [2.05, 4.69) is 25.9 Å². The highest BCUT2D eigenvalue weighted by molar-refractivity contribution is 5.96. The van der Waals surface area contributed by atoms with Gasteiger partial charge in [0.05, 0.1) is 6.20 Å².